The van der Waals surface area contributed by atoms with Crippen LogP contribution in [0.4, 0.5) is 16.3 Å². The van der Waals surface area contributed by atoms with Gasteiger partial charge in [0.1, 0.15) is 23.7 Å². The Bertz CT molecular complexity index is 1550. The smallest absolute Gasteiger partial charge is 0.411 e. The molecule has 4 heterocycles. The van der Waals surface area contributed by atoms with Crippen LogP contribution in [0.15, 0.2) is 36.8 Å². The number of hydrogen-bond acceptors (Lipinski definition) is 7. The van der Waals surface area contributed by atoms with E-state index in [1.54, 1.807) is 56.4 Å². The van der Waals surface area contributed by atoms with Gasteiger partial charge in [-0.25, -0.2) is 14.8 Å². The Morgan fingerprint density at radius 2 is 1.82 bits per heavy atom. The zero-order chi connectivity index (χ0) is 28.6. The van der Waals surface area contributed by atoms with E-state index < -0.39 is 11.7 Å². The zero-order valence-electron chi connectivity index (χ0n) is 23.3. The Labute approximate surface area is 233 Å². The lowest BCUT2D eigenvalue weighted by Gasteiger charge is -2.39. The molecule has 40 heavy (non-hydrogen) atoms. The molecule has 10 heteroatoms. The van der Waals surface area contributed by atoms with Crippen LogP contribution >= 0.6 is 0 Å². The Kier molecular flexibility index (Phi) is 7.15. The maximum Gasteiger partial charge on any atom is 0.411 e. The highest BCUT2D eigenvalue weighted by Crippen LogP contribution is 2.30. The summed E-state index contributed by atoms with van der Waals surface area (Å²) < 4.78 is 5.45. The third-order valence-corrected chi connectivity index (χ3v) is 6.77. The van der Waals surface area contributed by atoms with Crippen molar-refractivity contribution in [3.63, 3.8) is 0 Å². The number of aryl methyl sites for hydroxylation is 1. The Balaban J connectivity index is 1.32. The zero-order valence-corrected chi connectivity index (χ0v) is 23.3. The van der Waals surface area contributed by atoms with Gasteiger partial charge in [0.05, 0.1) is 23.5 Å². The second kappa shape index (κ2) is 10.6. The molecule has 1 aliphatic heterocycles. The van der Waals surface area contributed by atoms with Gasteiger partial charge in [0.2, 0.25) is 11.8 Å². The van der Waals surface area contributed by atoms with E-state index in [1.807, 2.05) is 19.9 Å². The fraction of sp³-hybridized carbons (Fsp3) is 0.400. The Morgan fingerprint density at radius 3 is 2.50 bits per heavy atom. The van der Waals surface area contributed by atoms with Crippen LogP contribution in [0.1, 0.15) is 57.5 Å². The van der Waals surface area contributed by atoms with E-state index in [0.29, 0.717) is 29.3 Å². The number of carbonyl (C=O) groups is 3. The first kappa shape index (κ1) is 27.1. The molecule has 5 rings (SSSR count). The minimum atomic E-state index is -0.635. The van der Waals surface area contributed by atoms with Gasteiger partial charge in [0.15, 0.2) is 0 Å². The first-order chi connectivity index (χ1) is 19.0. The molecule has 2 fully saturated rings. The third-order valence-electron chi connectivity index (χ3n) is 6.77. The van der Waals surface area contributed by atoms with Crippen LogP contribution in [-0.4, -0.2) is 62.5 Å². The van der Waals surface area contributed by atoms with Crippen LogP contribution < -0.4 is 10.2 Å². The second-order valence-electron chi connectivity index (χ2n) is 11.2. The lowest BCUT2D eigenvalue weighted by Crippen LogP contribution is -2.57. The van der Waals surface area contributed by atoms with Crippen LogP contribution in [-0.2, 0) is 14.3 Å². The number of nitrogens with one attached hydrogen (secondary N) is 1. The van der Waals surface area contributed by atoms with Gasteiger partial charge in [0, 0.05) is 41.3 Å². The van der Waals surface area contributed by atoms with Crippen molar-refractivity contribution in [2.75, 3.05) is 23.3 Å². The molecule has 3 amide bonds. The second-order valence-corrected chi connectivity index (χ2v) is 11.2. The molecule has 10 nitrogen and oxygen atoms in total. The number of nitrogens with zero attached hydrogens (tertiary/aromatic N) is 5. The van der Waals surface area contributed by atoms with E-state index in [4.69, 9.17) is 4.74 Å². The number of ether oxygens (including phenoxy) is 1. The molecule has 0 bridgehead atoms. The molecule has 3 aromatic heterocycles. The van der Waals surface area contributed by atoms with Gasteiger partial charge in [0.25, 0.3) is 0 Å². The number of fused-ring (bicyclic) bond motifs is 1. The van der Waals surface area contributed by atoms with E-state index in [-0.39, 0.29) is 30.3 Å². The fourth-order valence-electron chi connectivity index (χ4n) is 4.43. The number of anilines is 2. The maximum atomic E-state index is 12.9. The van der Waals surface area contributed by atoms with Crippen molar-refractivity contribution < 1.29 is 19.1 Å². The summed E-state index contributed by atoms with van der Waals surface area (Å²) in [5, 5.41) is 4.59. The highest BCUT2D eigenvalue weighted by Gasteiger charge is 2.35. The SMILES string of the molecule is Cc1ncc(C#Cc2ccc(N3C[C@H](C)N(C(=O)OC(C)(C)C)CC3=O)cn2)c2cc(NC(=O)C3CC3)ncc12. The van der Waals surface area contributed by atoms with Crippen molar-refractivity contribution in [2.24, 2.45) is 5.92 Å². The van der Waals surface area contributed by atoms with Crippen LogP contribution in [0, 0.1) is 24.7 Å². The van der Waals surface area contributed by atoms with Gasteiger partial charge in [-0.2, -0.15) is 0 Å². The molecular formula is C30H32N6O4. The molecule has 0 spiro atoms. The Morgan fingerprint density at radius 1 is 1.05 bits per heavy atom. The van der Waals surface area contributed by atoms with Crippen molar-refractivity contribution in [1.29, 1.82) is 0 Å². The lowest BCUT2D eigenvalue weighted by molar-refractivity contribution is -0.122. The highest BCUT2D eigenvalue weighted by molar-refractivity contribution is 5.98. The van der Waals surface area contributed by atoms with Crippen LogP contribution in [0.2, 0.25) is 0 Å². The normalized spacial score (nSPS) is 17.3. The number of piperazine rings is 1. The monoisotopic (exact) mass is 540 g/mol. The highest BCUT2D eigenvalue weighted by atomic mass is 16.6. The van der Waals surface area contributed by atoms with E-state index >= 15 is 0 Å². The third kappa shape index (κ3) is 6.04. The largest absolute Gasteiger partial charge is 0.444 e. The average molecular weight is 541 g/mol. The molecule has 1 aliphatic carbocycles. The van der Waals surface area contributed by atoms with Gasteiger partial charge in [-0.3, -0.25) is 19.5 Å². The molecule has 0 radical (unpaired) electrons. The molecule has 1 saturated carbocycles. The van der Waals surface area contributed by atoms with E-state index in [1.165, 1.54) is 4.90 Å². The molecule has 0 unspecified atom stereocenters. The fourth-order valence-corrected chi connectivity index (χ4v) is 4.43. The number of pyridine rings is 3. The van der Waals surface area contributed by atoms with Crippen molar-refractivity contribution >= 4 is 40.2 Å². The number of hydrogen-bond donors (Lipinski definition) is 1. The summed E-state index contributed by atoms with van der Waals surface area (Å²) in [7, 11) is 0. The standard InChI is InChI=1S/C30H32N6O4/c1-18-16-36(27(37)17-35(18)29(39)40-30(3,4)5)23-11-10-22(32-14-23)9-8-21-13-31-19(2)25-15-33-26(12-24(21)25)34-28(38)20-6-7-20/h10-15,18,20H,6-7,16-17H2,1-5H3,(H,33,34,38)/t18-/m0/s1. The summed E-state index contributed by atoms with van der Waals surface area (Å²) in [6.45, 7) is 9.44. The number of rotatable bonds is 3. The van der Waals surface area contributed by atoms with Gasteiger partial charge >= 0.3 is 6.09 Å². The first-order valence-corrected chi connectivity index (χ1v) is 13.3. The first-order valence-electron chi connectivity index (χ1n) is 13.3. The topological polar surface area (TPSA) is 118 Å². The van der Waals surface area contributed by atoms with Gasteiger partial charge in [-0.05, 0) is 71.6 Å². The minimum Gasteiger partial charge on any atom is -0.444 e. The average Bonchev–Trinajstić information content (AvgIpc) is 3.75. The summed E-state index contributed by atoms with van der Waals surface area (Å²) in [4.78, 5) is 54.0. The quantitative estimate of drug-likeness (QED) is 0.498. The molecule has 2 aliphatic rings. The molecule has 1 saturated heterocycles. The molecule has 1 atom stereocenters. The summed E-state index contributed by atoms with van der Waals surface area (Å²) in [6, 6.07) is 5.16. The maximum absolute atomic E-state index is 12.9. The summed E-state index contributed by atoms with van der Waals surface area (Å²) in [6.07, 6.45) is 6.36. The van der Waals surface area contributed by atoms with Gasteiger partial charge in [-0.15, -0.1) is 0 Å². The molecule has 3 aromatic rings. The predicted octanol–water partition coefficient (Wildman–Crippen LogP) is 4.05. The molecule has 1 N–H and O–H groups in total. The van der Waals surface area contributed by atoms with Gasteiger partial charge < -0.3 is 15.0 Å². The minimum absolute atomic E-state index is 0.00585. The van der Waals surface area contributed by atoms with Crippen LogP contribution in [0.3, 0.4) is 0 Å². The Hall–Kier alpha value is -4.52. The van der Waals surface area contributed by atoms with Gasteiger partial charge in [-0.1, -0.05) is 5.92 Å². The van der Waals surface area contributed by atoms with Crippen molar-refractivity contribution in [2.45, 2.75) is 59.1 Å². The van der Waals surface area contributed by atoms with E-state index in [9.17, 15) is 14.4 Å². The molecule has 206 valence electrons. The van der Waals surface area contributed by atoms with Crippen molar-refractivity contribution in [1.82, 2.24) is 19.9 Å². The molecular weight excluding hydrogens is 508 g/mol. The lowest BCUT2D eigenvalue weighted by atomic mass is 10.1. The summed E-state index contributed by atoms with van der Waals surface area (Å²) in [5.41, 5.74) is 2.04. The van der Waals surface area contributed by atoms with Crippen LogP contribution in [0.5, 0.6) is 0 Å². The van der Waals surface area contributed by atoms with E-state index in [2.05, 4.69) is 32.1 Å². The summed E-state index contributed by atoms with van der Waals surface area (Å²) >= 11 is 0. The number of amides is 3. The van der Waals surface area contributed by atoms with Crippen LogP contribution in [0.25, 0.3) is 10.8 Å². The summed E-state index contributed by atoms with van der Waals surface area (Å²) in [5.74, 6) is 6.58. The number of aromatic nitrogens is 3. The van der Waals surface area contributed by atoms with Crippen molar-refractivity contribution in [3.8, 4) is 11.8 Å². The molecule has 0 aromatic carbocycles. The predicted molar refractivity (Wildman–Crippen MR) is 151 cm³/mol. The van der Waals surface area contributed by atoms with Crippen molar-refractivity contribution in [3.05, 3.63) is 53.7 Å². The van der Waals surface area contributed by atoms with E-state index in [0.717, 1.165) is 29.3 Å². The number of carbonyl (C=O) groups excluding carboxylic acids is 3.